The summed E-state index contributed by atoms with van der Waals surface area (Å²) in [4.78, 5) is 0. The van der Waals surface area contributed by atoms with Gasteiger partial charge in [-0.25, -0.2) is 0 Å². The highest BCUT2D eigenvalue weighted by Gasteiger charge is 2.10. The molecule has 2 heterocycles. The smallest absolute Gasteiger partial charge is 0.0828 e. The molecule has 1 unspecified atom stereocenters. The Balaban J connectivity index is 2.13. The first-order valence-electron chi connectivity index (χ1n) is 6.89. The SMILES string of the molecule is CCc1cc(Cn2cc(C(CC)NC)cn2)n(C)n1. The summed E-state index contributed by atoms with van der Waals surface area (Å²) in [6.45, 7) is 5.06. The maximum absolute atomic E-state index is 4.46. The van der Waals surface area contributed by atoms with E-state index < -0.39 is 0 Å². The average molecular weight is 261 g/mol. The summed E-state index contributed by atoms with van der Waals surface area (Å²) in [5.41, 5.74) is 3.55. The van der Waals surface area contributed by atoms with Crippen molar-refractivity contribution in [2.24, 2.45) is 7.05 Å². The van der Waals surface area contributed by atoms with Crippen molar-refractivity contribution in [3.05, 3.63) is 35.4 Å². The Hall–Kier alpha value is -1.62. The molecule has 0 aromatic carbocycles. The molecule has 1 atom stereocenters. The molecule has 0 aliphatic heterocycles. The molecule has 0 fully saturated rings. The summed E-state index contributed by atoms with van der Waals surface area (Å²) in [5, 5.41) is 12.2. The van der Waals surface area contributed by atoms with E-state index in [-0.39, 0.29) is 0 Å². The highest BCUT2D eigenvalue weighted by Crippen LogP contribution is 2.15. The Morgan fingerprint density at radius 3 is 2.74 bits per heavy atom. The van der Waals surface area contributed by atoms with E-state index in [0.717, 1.165) is 25.1 Å². The van der Waals surface area contributed by atoms with Crippen molar-refractivity contribution in [2.45, 2.75) is 39.3 Å². The molecule has 0 spiro atoms. The topological polar surface area (TPSA) is 47.7 Å². The van der Waals surface area contributed by atoms with E-state index >= 15 is 0 Å². The lowest BCUT2D eigenvalue weighted by molar-refractivity contribution is 0.574. The van der Waals surface area contributed by atoms with Crippen LogP contribution in [0.3, 0.4) is 0 Å². The third kappa shape index (κ3) is 3.04. The largest absolute Gasteiger partial charge is 0.313 e. The lowest BCUT2D eigenvalue weighted by atomic mass is 10.1. The van der Waals surface area contributed by atoms with Gasteiger partial charge in [-0.3, -0.25) is 9.36 Å². The van der Waals surface area contributed by atoms with E-state index in [1.165, 1.54) is 11.3 Å². The van der Waals surface area contributed by atoms with Crippen LogP contribution in [0, 0.1) is 0 Å². The minimum absolute atomic E-state index is 0.381. The number of hydrogen-bond donors (Lipinski definition) is 1. The fraction of sp³-hybridized carbons (Fsp3) is 0.571. The van der Waals surface area contributed by atoms with Crippen LogP contribution in [0.5, 0.6) is 0 Å². The first kappa shape index (κ1) is 13.8. The predicted octanol–water partition coefficient (Wildman–Crippen LogP) is 1.90. The normalized spacial score (nSPS) is 12.8. The molecule has 2 aromatic rings. The molecule has 2 aromatic heterocycles. The van der Waals surface area contributed by atoms with Crippen LogP contribution in [0.2, 0.25) is 0 Å². The fourth-order valence-corrected chi connectivity index (χ4v) is 2.31. The molecule has 0 aliphatic carbocycles. The number of aromatic nitrogens is 4. The van der Waals surface area contributed by atoms with Gasteiger partial charge in [0, 0.05) is 24.8 Å². The zero-order valence-corrected chi connectivity index (χ0v) is 12.2. The zero-order chi connectivity index (χ0) is 13.8. The number of nitrogens with zero attached hydrogens (tertiary/aromatic N) is 4. The quantitative estimate of drug-likeness (QED) is 0.864. The van der Waals surface area contributed by atoms with Crippen LogP contribution in [0.4, 0.5) is 0 Å². The molecule has 5 heteroatoms. The standard InChI is InChI=1S/C14H23N5/c1-5-12-7-13(18(4)17-12)10-19-9-11(8-16-19)14(6-2)15-3/h7-9,14-15H,5-6,10H2,1-4H3. The summed E-state index contributed by atoms with van der Waals surface area (Å²) in [7, 11) is 3.97. The molecule has 0 radical (unpaired) electrons. The third-order valence-corrected chi connectivity index (χ3v) is 3.53. The minimum Gasteiger partial charge on any atom is -0.313 e. The fourth-order valence-electron chi connectivity index (χ4n) is 2.31. The maximum Gasteiger partial charge on any atom is 0.0828 e. The van der Waals surface area contributed by atoms with E-state index in [0.29, 0.717) is 6.04 Å². The van der Waals surface area contributed by atoms with Gasteiger partial charge < -0.3 is 5.32 Å². The van der Waals surface area contributed by atoms with Crippen LogP contribution in [0.25, 0.3) is 0 Å². The van der Waals surface area contributed by atoms with Crippen LogP contribution in [0.15, 0.2) is 18.5 Å². The monoisotopic (exact) mass is 261 g/mol. The highest BCUT2D eigenvalue weighted by molar-refractivity contribution is 5.13. The number of nitrogens with one attached hydrogen (secondary N) is 1. The number of aryl methyl sites for hydroxylation is 2. The van der Waals surface area contributed by atoms with Gasteiger partial charge in [-0.1, -0.05) is 13.8 Å². The Labute approximate surface area is 114 Å². The summed E-state index contributed by atoms with van der Waals surface area (Å²) < 4.78 is 3.92. The van der Waals surface area contributed by atoms with Gasteiger partial charge in [0.15, 0.2) is 0 Å². The van der Waals surface area contributed by atoms with Gasteiger partial charge in [-0.15, -0.1) is 0 Å². The molecule has 0 saturated carbocycles. The van der Waals surface area contributed by atoms with Gasteiger partial charge in [-0.05, 0) is 26.0 Å². The third-order valence-electron chi connectivity index (χ3n) is 3.53. The van der Waals surface area contributed by atoms with Crippen molar-refractivity contribution in [2.75, 3.05) is 7.05 Å². The lowest BCUT2D eigenvalue weighted by Gasteiger charge is -2.10. The van der Waals surface area contributed by atoms with Gasteiger partial charge in [0.25, 0.3) is 0 Å². The van der Waals surface area contributed by atoms with Crippen LogP contribution < -0.4 is 5.32 Å². The zero-order valence-electron chi connectivity index (χ0n) is 12.2. The Bertz CT molecular complexity index is 522. The molecule has 5 nitrogen and oxygen atoms in total. The van der Waals surface area contributed by atoms with Crippen molar-refractivity contribution >= 4 is 0 Å². The lowest BCUT2D eigenvalue weighted by Crippen LogP contribution is -2.14. The highest BCUT2D eigenvalue weighted by atomic mass is 15.3. The van der Waals surface area contributed by atoms with Crippen LogP contribution >= 0.6 is 0 Å². The van der Waals surface area contributed by atoms with Crippen LogP contribution in [-0.2, 0) is 20.0 Å². The molecular formula is C14H23N5. The first-order valence-corrected chi connectivity index (χ1v) is 6.89. The second-order valence-electron chi connectivity index (χ2n) is 4.82. The van der Waals surface area contributed by atoms with E-state index in [1.807, 2.05) is 29.7 Å². The number of hydrogen-bond acceptors (Lipinski definition) is 3. The van der Waals surface area contributed by atoms with Crippen LogP contribution in [0.1, 0.15) is 43.3 Å². The van der Waals surface area contributed by atoms with E-state index in [9.17, 15) is 0 Å². The summed E-state index contributed by atoms with van der Waals surface area (Å²) in [5.74, 6) is 0. The molecule has 0 bridgehead atoms. The van der Waals surface area contributed by atoms with Crippen LogP contribution in [-0.4, -0.2) is 26.6 Å². The predicted molar refractivity (Wildman–Crippen MR) is 76.0 cm³/mol. The van der Waals surface area contributed by atoms with Crippen molar-refractivity contribution in [3.63, 3.8) is 0 Å². The maximum atomic E-state index is 4.46. The molecule has 19 heavy (non-hydrogen) atoms. The molecule has 0 saturated heterocycles. The van der Waals surface area contributed by atoms with E-state index in [2.05, 4.69) is 41.6 Å². The Morgan fingerprint density at radius 1 is 1.37 bits per heavy atom. The average Bonchev–Trinajstić information content (AvgIpc) is 3.00. The van der Waals surface area contributed by atoms with Crippen molar-refractivity contribution in [1.29, 1.82) is 0 Å². The molecule has 104 valence electrons. The molecule has 0 aliphatic rings. The Morgan fingerprint density at radius 2 is 2.16 bits per heavy atom. The minimum atomic E-state index is 0.381. The van der Waals surface area contributed by atoms with E-state index in [4.69, 9.17) is 0 Å². The van der Waals surface area contributed by atoms with E-state index in [1.54, 1.807) is 0 Å². The van der Waals surface area contributed by atoms with Gasteiger partial charge >= 0.3 is 0 Å². The summed E-state index contributed by atoms with van der Waals surface area (Å²) in [6.07, 6.45) is 6.09. The van der Waals surface area contributed by atoms with Gasteiger partial charge in [0.2, 0.25) is 0 Å². The van der Waals surface area contributed by atoms with Crippen molar-refractivity contribution < 1.29 is 0 Å². The van der Waals surface area contributed by atoms with Gasteiger partial charge in [0.05, 0.1) is 24.1 Å². The second kappa shape index (κ2) is 6.02. The summed E-state index contributed by atoms with van der Waals surface area (Å²) >= 11 is 0. The Kier molecular flexibility index (Phi) is 4.37. The number of rotatable bonds is 6. The van der Waals surface area contributed by atoms with Gasteiger partial charge in [-0.2, -0.15) is 10.2 Å². The van der Waals surface area contributed by atoms with Crippen molar-refractivity contribution in [3.8, 4) is 0 Å². The molecule has 0 amide bonds. The molecular weight excluding hydrogens is 238 g/mol. The van der Waals surface area contributed by atoms with Crippen molar-refractivity contribution in [1.82, 2.24) is 24.9 Å². The summed E-state index contributed by atoms with van der Waals surface area (Å²) in [6, 6.07) is 2.53. The van der Waals surface area contributed by atoms with Gasteiger partial charge in [0.1, 0.15) is 0 Å². The second-order valence-corrected chi connectivity index (χ2v) is 4.82. The molecule has 2 rings (SSSR count). The molecule has 1 N–H and O–H groups in total. The first-order chi connectivity index (χ1) is 9.17.